The van der Waals surface area contributed by atoms with Gasteiger partial charge in [-0.15, -0.1) is 0 Å². The van der Waals surface area contributed by atoms with Gasteiger partial charge in [-0.05, 0) is 55.6 Å². The summed E-state index contributed by atoms with van der Waals surface area (Å²) >= 11 is 0.760. The number of unbranched alkanes of at least 4 members (excludes halogenated alkanes) is 1. The standard InChI is InChI=1S/C19H17F2NO5S.C6H14N2O2/c1-10(23)22-16(18(25)26)6-7-28-19(27)14-8-11(2-5-17(14)24)13-4-3-12(20)9-15(13)21;7-4-2-1-3-5(8)6(9)10/h2-5,8-9,16,24H,6-7H2,1H3,(H,22,23)(H,25,26);5H,1-4,7-8H2,(H,9,10)/t;5-/m.0/s1. The zero-order chi connectivity index (χ0) is 28.8. The van der Waals surface area contributed by atoms with Crippen LogP contribution in [0.25, 0.3) is 11.1 Å². The first kappa shape index (κ1) is 32.5. The summed E-state index contributed by atoms with van der Waals surface area (Å²) in [4.78, 5) is 44.6. The molecule has 0 radical (unpaired) electrons. The summed E-state index contributed by atoms with van der Waals surface area (Å²) in [6.45, 7) is 1.79. The predicted octanol–water partition coefficient (Wildman–Crippen LogP) is 2.72. The Morgan fingerprint density at radius 1 is 1.00 bits per heavy atom. The number of carboxylic acids is 2. The SMILES string of the molecule is CC(=O)NC(CCSC(=O)c1cc(-c2ccc(F)cc2F)ccc1O)C(=O)O.NCCCC[C@H](N)C(=O)O. The number of halogens is 2. The second-order valence-corrected chi connectivity index (χ2v) is 9.17. The average Bonchev–Trinajstić information content (AvgIpc) is 2.84. The third-order valence-electron chi connectivity index (χ3n) is 5.06. The van der Waals surface area contributed by atoms with E-state index >= 15 is 0 Å². The molecule has 13 heteroatoms. The third-order valence-corrected chi connectivity index (χ3v) is 5.98. The molecule has 2 aromatic rings. The van der Waals surface area contributed by atoms with Gasteiger partial charge in [-0.2, -0.15) is 0 Å². The average molecular weight is 556 g/mol. The van der Waals surface area contributed by atoms with Gasteiger partial charge in [-0.25, -0.2) is 13.6 Å². The molecule has 0 bridgehead atoms. The highest BCUT2D eigenvalue weighted by molar-refractivity contribution is 8.14. The minimum absolute atomic E-state index is 0.00162. The number of aromatic hydroxyl groups is 1. The smallest absolute Gasteiger partial charge is 0.326 e. The number of amides is 1. The number of hydrogen-bond donors (Lipinski definition) is 6. The molecule has 10 nitrogen and oxygen atoms in total. The number of thioether (sulfide) groups is 1. The van der Waals surface area contributed by atoms with E-state index in [1.807, 2.05) is 0 Å². The van der Waals surface area contributed by atoms with E-state index in [-0.39, 0.29) is 34.6 Å². The zero-order valence-electron chi connectivity index (χ0n) is 20.7. The highest BCUT2D eigenvalue weighted by Gasteiger charge is 2.20. The lowest BCUT2D eigenvalue weighted by Gasteiger charge is -2.12. The van der Waals surface area contributed by atoms with E-state index < -0.39 is 46.7 Å². The van der Waals surface area contributed by atoms with E-state index in [0.717, 1.165) is 30.7 Å². The molecule has 0 spiro atoms. The van der Waals surface area contributed by atoms with Crippen LogP contribution in [0.1, 0.15) is 43.0 Å². The Balaban J connectivity index is 0.000000612. The van der Waals surface area contributed by atoms with Gasteiger partial charge < -0.3 is 32.1 Å². The van der Waals surface area contributed by atoms with Crippen LogP contribution in [-0.2, 0) is 14.4 Å². The van der Waals surface area contributed by atoms with Gasteiger partial charge in [0.15, 0.2) is 0 Å². The number of hydrogen-bond acceptors (Lipinski definition) is 8. The van der Waals surface area contributed by atoms with Gasteiger partial charge in [0, 0.05) is 24.3 Å². The van der Waals surface area contributed by atoms with Gasteiger partial charge in [0.25, 0.3) is 0 Å². The van der Waals surface area contributed by atoms with Crippen molar-refractivity contribution in [1.82, 2.24) is 5.32 Å². The van der Waals surface area contributed by atoms with Crippen LogP contribution >= 0.6 is 11.8 Å². The molecule has 0 saturated heterocycles. The van der Waals surface area contributed by atoms with Gasteiger partial charge in [0.2, 0.25) is 11.0 Å². The number of phenolic OH excluding ortho intramolecular Hbond substituents is 1. The second-order valence-electron chi connectivity index (χ2n) is 8.10. The van der Waals surface area contributed by atoms with Crippen LogP contribution in [-0.4, -0.2) is 62.7 Å². The van der Waals surface area contributed by atoms with Crippen molar-refractivity contribution in [3.63, 3.8) is 0 Å². The first-order valence-corrected chi connectivity index (χ1v) is 12.5. The Labute approximate surface area is 222 Å². The number of nitrogens with one attached hydrogen (secondary N) is 1. The van der Waals surface area contributed by atoms with Crippen molar-refractivity contribution in [3.05, 3.63) is 53.6 Å². The van der Waals surface area contributed by atoms with E-state index in [1.54, 1.807) is 0 Å². The summed E-state index contributed by atoms with van der Waals surface area (Å²) in [6, 6.07) is 5.07. The molecule has 38 heavy (non-hydrogen) atoms. The molecule has 0 aliphatic rings. The number of rotatable bonds is 12. The molecule has 0 aromatic heterocycles. The predicted molar refractivity (Wildman–Crippen MR) is 139 cm³/mol. The summed E-state index contributed by atoms with van der Waals surface area (Å²) in [5.74, 6) is -4.45. The van der Waals surface area contributed by atoms with Crippen molar-refractivity contribution in [3.8, 4) is 16.9 Å². The number of carbonyl (C=O) groups is 4. The van der Waals surface area contributed by atoms with Crippen molar-refractivity contribution in [1.29, 1.82) is 0 Å². The number of nitrogens with two attached hydrogens (primary N) is 2. The zero-order valence-corrected chi connectivity index (χ0v) is 21.5. The fourth-order valence-electron chi connectivity index (χ4n) is 3.07. The van der Waals surface area contributed by atoms with Crippen LogP contribution < -0.4 is 16.8 Å². The maximum atomic E-state index is 14.0. The maximum Gasteiger partial charge on any atom is 0.326 e. The minimum atomic E-state index is -1.22. The fourth-order valence-corrected chi connectivity index (χ4v) is 3.93. The van der Waals surface area contributed by atoms with E-state index in [0.29, 0.717) is 19.0 Å². The molecule has 2 aromatic carbocycles. The summed E-state index contributed by atoms with van der Waals surface area (Å²) in [5, 5.41) is 29.0. The molecule has 0 fully saturated rings. The topological polar surface area (TPSA) is 193 Å². The van der Waals surface area contributed by atoms with Crippen LogP contribution in [0.4, 0.5) is 8.78 Å². The quantitative estimate of drug-likeness (QED) is 0.212. The Morgan fingerprint density at radius 2 is 1.68 bits per heavy atom. The Kier molecular flexibility index (Phi) is 14.0. The minimum Gasteiger partial charge on any atom is -0.507 e. The number of benzene rings is 2. The lowest BCUT2D eigenvalue weighted by atomic mass is 10.0. The molecule has 0 heterocycles. The fraction of sp³-hybridized carbons (Fsp3) is 0.360. The number of phenols is 1. The number of carboxylic acid groups (broad SMARTS) is 2. The van der Waals surface area contributed by atoms with Crippen LogP contribution in [0, 0.1) is 11.6 Å². The molecule has 1 unspecified atom stereocenters. The molecular formula is C25H31F2N3O7S. The number of aliphatic carboxylic acids is 2. The van der Waals surface area contributed by atoms with Crippen LogP contribution in [0.2, 0.25) is 0 Å². The van der Waals surface area contributed by atoms with Crippen LogP contribution in [0.15, 0.2) is 36.4 Å². The molecule has 2 rings (SSSR count). The summed E-state index contributed by atoms with van der Waals surface area (Å²) in [6.07, 6.45) is 2.16. The lowest BCUT2D eigenvalue weighted by molar-refractivity contribution is -0.141. The Bertz CT molecular complexity index is 1130. The first-order chi connectivity index (χ1) is 17.9. The molecule has 0 aliphatic carbocycles. The summed E-state index contributed by atoms with van der Waals surface area (Å²) < 4.78 is 27.0. The van der Waals surface area contributed by atoms with Crippen molar-refractivity contribution in [2.24, 2.45) is 11.5 Å². The van der Waals surface area contributed by atoms with E-state index in [2.05, 4.69) is 5.32 Å². The summed E-state index contributed by atoms with van der Waals surface area (Å²) in [5.41, 5.74) is 10.7. The molecule has 2 atom stereocenters. The second kappa shape index (κ2) is 16.3. The lowest BCUT2D eigenvalue weighted by Crippen LogP contribution is -2.39. The molecule has 0 aliphatic heterocycles. The van der Waals surface area contributed by atoms with Gasteiger partial charge in [0.05, 0.1) is 5.56 Å². The van der Waals surface area contributed by atoms with Gasteiger partial charge in [0.1, 0.15) is 29.5 Å². The van der Waals surface area contributed by atoms with Gasteiger partial charge in [-0.1, -0.05) is 24.2 Å². The highest BCUT2D eigenvalue weighted by atomic mass is 32.2. The Hall–Kier alpha value is -3.55. The molecule has 1 amide bonds. The largest absolute Gasteiger partial charge is 0.507 e. The number of carbonyl (C=O) groups excluding carboxylic acids is 2. The normalized spacial score (nSPS) is 12.0. The molecule has 8 N–H and O–H groups in total. The maximum absolute atomic E-state index is 14.0. The van der Waals surface area contributed by atoms with E-state index in [4.69, 9.17) is 21.7 Å². The van der Waals surface area contributed by atoms with Crippen molar-refractivity contribution < 1.29 is 43.3 Å². The Morgan fingerprint density at radius 3 is 2.24 bits per heavy atom. The molecule has 208 valence electrons. The van der Waals surface area contributed by atoms with E-state index in [1.165, 1.54) is 31.2 Å². The van der Waals surface area contributed by atoms with Crippen molar-refractivity contribution in [2.45, 2.75) is 44.7 Å². The van der Waals surface area contributed by atoms with Crippen LogP contribution in [0.5, 0.6) is 5.75 Å². The molecule has 0 saturated carbocycles. The van der Waals surface area contributed by atoms with Crippen molar-refractivity contribution >= 4 is 34.7 Å². The van der Waals surface area contributed by atoms with Gasteiger partial charge >= 0.3 is 11.9 Å². The van der Waals surface area contributed by atoms with Crippen molar-refractivity contribution in [2.75, 3.05) is 12.3 Å². The summed E-state index contributed by atoms with van der Waals surface area (Å²) in [7, 11) is 0. The van der Waals surface area contributed by atoms with E-state index in [9.17, 15) is 33.1 Å². The third kappa shape index (κ3) is 11.2. The monoisotopic (exact) mass is 555 g/mol. The first-order valence-electron chi connectivity index (χ1n) is 11.5. The highest BCUT2D eigenvalue weighted by Crippen LogP contribution is 2.30. The van der Waals surface area contributed by atoms with Gasteiger partial charge in [-0.3, -0.25) is 14.4 Å². The molecular weight excluding hydrogens is 524 g/mol. The van der Waals surface area contributed by atoms with Crippen LogP contribution in [0.3, 0.4) is 0 Å².